The number of hydrogen-bond acceptors (Lipinski definition) is 5. The van der Waals surface area contributed by atoms with Gasteiger partial charge < -0.3 is 14.8 Å². The highest BCUT2D eigenvalue weighted by atomic mass is 32.2. The van der Waals surface area contributed by atoms with Crippen molar-refractivity contribution in [3.05, 3.63) is 47.8 Å². The molecule has 0 bridgehead atoms. The lowest BCUT2D eigenvalue weighted by atomic mass is 10.0. The molecule has 0 heterocycles. The van der Waals surface area contributed by atoms with Crippen LogP contribution >= 0.6 is 0 Å². The highest BCUT2D eigenvalue weighted by molar-refractivity contribution is 7.92. The Morgan fingerprint density at radius 2 is 1.74 bits per heavy atom. The molecule has 0 radical (unpaired) electrons. The third-order valence-corrected chi connectivity index (χ3v) is 6.02. The van der Waals surface area contributed by atoms with Gasteiger partial charge in [0.2, 0.25) is 0 Å². The third-order valence-electron chi connectivity index (χ3n) is 4.68. The molecule has 2 N–H and O–H groups in total. The third kappa shape index (κ3) is 6.33. The van der Waals surface area contributed by atoms with Crippen LogP contribution in [0, 0.1) is 11.7 Å². The van der Waals surface area contributed by atoms with E-state index in [9.17, 15) is 17.6 Å². The maximum Gasteiger partial charge on any atom is 0.262 e. The Balaban J connectivity index is 2.42. The van der Waals surface area contributed by atoms with Crippen LogP contribution in [0.2, 0.25) is 0 Å². The first-order chi connectivity index (χ1) is 14.6. The molecule has 0 unspecified atom stereocenters. The second-order valence-corrected chi connectivity index (χ2v) is 9.32. The molecule has 2 aromatic rings. The molecule has 0 aliphatic heterocycles. The predicted molar refractivity (Wildman–Crippen MR) is 118 cm³/mol. The molecule has 1 amide bonds. The van der Waals surface area contributed by atoms with Crippen LogP contribution in [0.3, 0.4) is 0 Å². The number of halogens is 1. The van der Waals surface area contributed by atoms with Gasteiger partial charge in [-0.3, -0.25) is 9.52 Å². The van der Waals surface area contributed by atoms with Gasteiger partial charge in [-0.1, -0.05) is 26.0 Å². The topological polar surface area (TPSA) is 93.7 Å². The Labute approximate surface area is 183 Å². The zero-order valence-corrected chi connectivity index (χ0v) is 19.2. The molecule has 0 spiro atoms. The second-order valence-electron chi connectivity index (χ2n) is 7.64. The predicted octanol–water partition coefficient (Wildman–Crippen LogP) is 4.20. The largest absolute Gasteiger partial charge is 0.493 e. The number of sulfonamides is 1. The molecule has 2 rings (SSSR count). The molecule has 0 aliphatic rings. The minimum Gasteiger partial charge on any atom is -0.493 e. The van der Waals surface area contributed by atoms with Gasteiger partial charge >= 0.3 is 0 Å². The number of para-hydroxylation sites is 1. The highest BCUT2D eigenvalue weighted by Gasteiger charge is 2.25. The van der Waals surface area contributed by atoms with E-state index in [2.05, 4.69) is 23.9 Å². The fraction of sp³-hybridized carbons (Fsp3) is 0.409. The number of anilines is 1. The average Bonchev–Trinajstić information content (AvgIpc) is 2.72. The van der Waals surface area contributed by atoms with E-state index in [1.807, 2.05) is 6.92 Å². The standard InChI is InChI=1S/C22H29FN2O5S/c1-14(2)10-11-15(3)24-22(26)17-12-16(13-20(29-4)21(17)30-5)31(27,28)25-19-9-7-6-8-18(19)23/h6-9,12-15,25H,10-11H2,1-5H3,(H,24,26)/t15-/m0/s1. The fourth-order valence-electron chi connectivity index (χ4n) is 2.97. The molecule has 0 aliphatic carbocycles. The van der Waals surface area contributed by atoms with Gasteiger partial charge in [0.15, 0.2) is 11.5 Å². The van der Waals surface area contributed by atoms with Crippen molar-refractivity contribution < 1.29 is 27.1 Å². The van der Waals surface area contributed by atoms with Crippen molar-refractivity contribution in [1.29, 1.82) is 0 Å². The van der Waals surface area contributed by atoms with E-state index in [1.54, 1.807) is 0 Å². The zero-order chi connectivity index (χ0) is 23.2. The summed E-state index contributed by atoms with van der Waals surface area (Å²) in [5, 5.41) is 2.87. The molecule has 0 saturated heterocycles. The summed E-state index contributed by atoms with van der Waals surface area (Å²) in [6.45, 7) is 6.07. The van der Waals surface area contributed by atoms with Gasteiger partial charge in [0.1, 0.15) is 5.82 Å². The first-order valence-electron chi connectivity index (χ1n) is 9.93. The van der Waals surface area contributed by atoms with Crippen molar-refractivity contribution >= 4 is 21.6 Å². The van der Waals surface area contributed by atoms with Gasteiger partial charge in [-0.15, -0.1) is 0 Å². The molecule has 0 saturated carbocycles. The number of ether oxygens (including phenoxy) is 2. The molecular weight excluding hydrogens is 423 g/mol. The van der Waals surface area contributed by atoms with Crippen LogP contribution in [0.4, 0.5) is 10.1 Å². The summed E-state index contributed by atoms with van der Waals surface area (Å²) in [6, 6.07) is 7.69. The Bertz CT molecular complexity index is 1020. The number of carbonyl (C=O) groups is 1. The van der Waals surface area contributed by atoms with E-state index in [4.69, 9.17) is 9.47 Å². The van der Waals surface area contributed by atoms with Gasteiger partial charge in [-0.05, 0) is 43.9 Å². The first kappa shape index (κ1) is 24.5. The van der Waals surface area contributed by atoms with Gasteiger partial charge in [-0.2, -0.15) is 0 Å². The Morgan fingerprint density at radius 3 is 2.32 bits per heavy atom. The van der Waals surface area contributed by atoms with Gasteiger partial charge in [0, 0.05) is 12.1 Å². The molecule has 7 nitrogen and oxygen atoms in total. The van der Waals surface area contributed by atoms with Gasteiger partial charge in [-0.25, -0.2) is 12.8 Å². The van der Waals surface area contributed by atoms with Crippen LogP contribution in [0.5, 0.6) is 11.5 Å². The Morgan fingerprint density at radius 1 is 1.06 bits per heavy atom. The number of hydrogen-bond donors (Lipinski definition) is 2. The summed E-state index contributed by atoms with van der Waals surface area (Å²) < 4.78 is 52.5. The highest BCUT2D eigenvalue weighted by Crippen LogP contribution is 2.35. The van der Waals surface area contributed by atoms with Crippen molar-refractivity contribution in [2.24, 2.45) is 5.92 Å². The Kier molecular flexibility index (Phi) is 8.27. The lowest BCUT2D eigenvalue weighted by molar-refractivity contribution is 0.0933. The monoisotopic (exact) mass is 452 g/mol. The molecule has 0 aromatic heterocycles. The zero-order valence-electron chi connectivity index (χ0n) is 18.4. The number of rotatable bonds is 10. The van der Waals surface area contributed by atoms with Crippen LogP contribution in [-0.4, -0.2) is 34.6 Å². The molecule has 1 atom stereocenters. The maximum absolute atomic E-state index is 13.9. The molecule has 9 heteroatoms. The summed E-state index contributed by atoms with van der Waals surface area (Å²) in [5.41, 5.74) is -0.197. The van der Waals surface area contributed by atoms with Crippen LogP contribution in [0.1, 0.15) is 44.0 Å². The Hall–Kier alpha value is -2.81. The minimum absolute atomic E-state index is 0.00663. The molecule has 0 fully saturated rings. The lowest BCUT2D eigenvalue weighted by Gasteiger charge is -2.19. The summed E-state index contributed by atoms with van der Waals surface area (Å²) in [6.07, 6.45) is 1.71. The lowest BCUT2D eigenvalue weighted by Crippen LogP contribution is -2.33. The number of amides is 1. The van der Waals surface area contributed by atoms with E-state index in [-0.39, 0.29) is 33.7 Å². The minimum atomic E-state index is -4.20. The number of benzene rings is 2. The first-order valence-corrected chi connectivity index (χ1v) is 11.4. The van der Waals surface area contributed by atoms with Crippen molar-refractivity contribution in [3.8, 4) is 11.5 Å². The quantitative estimate of drug-likeness (QED) is 0.564. The van der Waals surface area contributed by atoms with E-state index in [1.165, 1.54) is 44.6 Å². The fourth-order valence-corrected chi connectivity index (χ4v) is 4.08. The van der Waals surface area contributed by atoms with Crippen LogP contribution in [0.15, 0.2) is 41.3 Å². The maximum atomic E-state index is 13.9. The van der Waals surface area contributed by atoms with Crippen LogP contribution in [0.25, 0.3) is 0 Å². The van der Waals surface area contributed by atoms with E-state index in [0.717, 1.165) is 18.9 Å². The SMILES string of the molecule is COc1cc(S(=O)(=O)Nc2ccccc2F)cc(C(=O)N[C@@H](C)CCC(C)C)c1OC. The molecule has 170 valence electrons. The summed E-state index contributed by atoms with van der Waals surface area (Å²) >= 11 is 0. The summed E-state index contributed by atoms with van der Waals surface area (Å²) in [7, 11) is -1.50. The normalized spacial score (nSPS) is 12.4. The van der Waals surface area contributed by atoms with E-state index >= 15 is 0 Å². The second kappa shape index (κ2) is 10.5. The van der Waals surface area contributed by atoms with E-state index in [0.29, 0.717) is 5.92 Å². The molecular formula is C22H29FN2O5S. The number of carbonyl (C=O) groups excluding carboxylic acids is 1. The van der Waals surface area contributed by atoms with E-state index < -0.39 is 21.7 Å². The number of methoxy groups -OCH3 is 2. The smallest absolute Gasteiger partial charge is 0.262 e. The van der Waals surface area contributed by atoms with Gasteiger partial charge in [0.25, 0.3) is 15.9 Å². The van der Waals surface area contributed by atoms with Gasteiger partial charge in [0.05, 0.1) is 30.4 Å². The van der Waals surface area contributed by atoms with Crippen molar-refractivity contribution in [3.63, 3.8) is 0 Å². The summed E-state index contributed by atoms with van der Waals surface area (Å²) in [4.78, 5) is 12.7. The van der Waals surface area contributed by atoms with Crippen molar-refractivity contribution in [2.75, 3.05) is 18.9 Å². The molecule has 31 heavy (non-hydrogen) atoms. The number of nitrogens with one attached hydrogen (secondary N) is 2. The summed E-state index contributed by atoms with van der Waals surface area (Å²) in [5.74, 6) is -0.537. The van der Waals surface area contributed by atoms with Crippen molar-refractivity contribution in [1.82, 2.24) is 5.32 Å². The van der Waals surface area contributed by atoms with Crippen LogP contribution in [-0.2, 0) is 10.0 Å². The van der Waals surface area contributed by atoms with Crippen LogP contribution < -0.4 is 19.5 Å². The average molecular weight is 453 g/mol. The van der Waals surface area contributed by atoms with Crippen molar-refractivity contribution in [2.45, 2.75) is 44.6 Å². The molecule has 2 aromatic carbocycles.